The predicted molar refractivity (Wildman–Crippen MR) is 86.5 cm³/mol. The van der Waals surface area contributed by atoms with Crippen molar-refractivity contribution in [3.8, 4) is 0 Å². The number of halogens is 1. The normalized spacial score (nSPS) is 18.8. The van der Waals surface area contributed by atoms with Gasteiger partial charge in [0.1, 0.15) is 0 Å². The number of thiazole rings is 1. The molecule has 2 heterocycles. The first kappa shape index (κ1) is 13.0. The average Bonchev–Trinajstić information content (AvgIpc) is 2.97. The van der Waals surface area contributed by atoms with E-state index >= 15 is 0 Å². The standard InChI is InChI=1S/C13H15IN2S2/c14-12-8-9-10(2-1-3-11(9)18-12)15-5-4-13-16-6-7-17-13/h6-8,10,15H,1-5H2. The van der Waals surface area contributed by atoms with E-state index in [0.29, 0.717) is 6.04 Å². The van der Waals surface area contributed by atoms with Gasteiger partial charge in [-0.25, -0.2) is 4.98 Å². The highest BCUT2D eigenvalue weighted by Crippen LogP contribution is 2.36. The molecule has 0 spiro atoms. The van der Waals surface area contributed by atoms with Crippen molar-refractivity contribution in [2.45, 2.75) is 31.7 Å². The summed E-state index contributed by atoms with van der Waals surface area (Å²) in [6.45, 7) is 1.03. The van der Waals surface area contributed by atoms with Gasteiger partial charge in [-0.3, -0.25) is 0 Å². The van der Waals surface area contributed by atoms with Gasteiger partial charge in [0.2, 0.25) is 0 Å². The molecular weight excluding hydrogens is 375 g/mol. The van der Waals surface area contributed by atoms with E-state index in [2.05, 4.69) is 44.3 Å². The molecule has 2 nitrogen and oxygen atoms in total. The molecule has 5 heteroatoms. The quantitative estimate of drug-likeness (QED) is 0.798. The molecule has 1 atom stereocenters. The van der Waals surface area contributed by atoms with E-state index in [1.54, 1.807) is 21.8 Å². The Kier molecular flexibility index (Phi) is 4.33. The van der Waals surface area contributed by atoms with E-state index < -0.39 is 0 Å². The van der Waals surface area contributed by atoms with Crippen LogP contribution in [0.1, 0.15) is 34.3 Å². The summed E-state index contributed by atoms with van der Waals surface area (Å²) in [6, 6.07) is 2.93. The molecule has 3 rings (SSSR count). The maximum atomic E-state index is 4.33. The van der Waals surface area contributed by atoms with Crippen LogP contribution in [0.5, 0.6) is 0 Å². The Hall–Kier alpha value is 0.0200. The van der Waals surface area contributed by atoms with Gasteiger partial charge < -0.3 is 5.32 Å². The van der Waals surface area contributed by atoms with Crippen LogP contribution in [0.25, 0.3) is 0 Å². The second kappa shape index (κ2) is 5.98. The predicted octanol–water partition coefficient (Wildman–Crippen LogP) is 4.02. The van der Waals surface area contributed by atoms with Crippen molar-refractivity contribution in [1.29, 1.82) is 0 Å². The van der Waals surface area contributed by atoms with Crippen LogP contribution < -0.4 is 5.32 Å². The topological polar surface area (TPSA) is 24.9 Å². The monoisotopic (exact) mass is 390 g/mol. The Balaban J connectivity index is 1.60. The summed E-state index contributed by atoms with van der Waals surface area (Å²) in [5, 5.41) is 6.98. The molecular formula is C13H15IN2S2. The van der Waals surface area contributed by atoms with Gasteiger partial charge in [0, 0.05) is 35.5 Å². The number of thiophene rings is 1. The Morgan fingerprint density at radius 3 is 3.28 bits per heavy atom. The first-order chi connectivity index (χ1) is 8.83. The summed E-state index contributed by atoms with van der Waals surface area (Å²) in [4.78, 5) is 5.92. The van der Waals surface area contributed by atoms with Gasteiger partial charge in [-0.05, 0) is 53.5 Å². The highest BCUT2D eigenvalue weighted by Gasteiger charge is 2.21. The number of aromatic nitrogens is 1. The zero-order valence-corrected chi connectivity index (χ0v) is 13.8. The van der Waals surface area contributed by atoms with Crippen molar-refractivity contribution in [1.82, 2.24) is 10.3 Å². The average molecular weight is 390 g/mol. The van der Waals surface area contributed by atoms with E-state index in [1.165, 1.54) is 27.2 Å². The SMILES string of the molecule is Ic1cc2c(s1)CCCC2NCCc1nccs1. The number of aryl methyl sites for hydroxylation is 1. The molecule has 18 heavy (non-hydrogen) atoms. The number of fused-ring (bicyclic) bond motifs is 1. The molecule has 0 saturated carbocycles. The van der Waals surface area contributed by atoms with E-state index in [-0.39, 0.29) is 0 Å². The summed E-state index contributed by atoms with van der Waals surface area (Å²) in [6.07, 6.45) is 6.80. The molecule has 1 aliphatic rings. The number of nitrogens with zero attached hydrogens (tertiary/aromatic N) is 1. The highest BCUT2D eigenvalue weighted by molar-refractivity contribution is 14.1. The second-order valence-electron chi connectivity index (χ2n) is 4.50. The van der Waals surface area contributed by atoms with Crippen LogP contribution in [-0.4, -0.2) is 11.5 Å². The van der Waals surface area contributed by atoms with Crippen molar-refractivity contribution in [2.75, 3.05) is 6.54 Å². The Labute approximate surface area is 129 Å². The minimum atomic E-state index is 0.563. The molecule has 1 N–H and O–H groups in total. The third-order valence-electron chi connectivity index (χ3n) is 3.30. The summed E-state index contributed by atoms with van der Waals surface area (Å²) in [5.41, 5.74) is 1.55. The molecule has 0 bridgehead atoms. The molecule has 0 aromatic carbocycles. The number of hydrogen-bond donors (Lipinski definition) is 1. The van der Waals surface area contributed by atoms with Crippen molar-refractivity contribution in [3.05, 3.63) is 36.0 Å². The van der Waals surface area contributed by atoms with Crippen molar-refractivity contribution >= 4 is 45.3 Å². The lowest BCUT2D eigenvalue weighted by Crippen LogP contribution is -2.26. The Bertz CT molecular complexity index is 507. The zero-order valence-electron chi connectivity index (χ0n) is 9.99. The molecule has 2 aromatic rings. The van der Waals surface area contributed by atoms with Crippen LogP contribution in [0.15, 0.2) is 17.6 Å². The van der Waals surface area contributed by atoms with E-state index in [1.807, 2.05) is 17.5 Å². The fourth-order valence-electron chi connectivity index (χ4n) is 2.46. The molecule has 1 unspecified atom stereocenters. The molecule has 1 aliphatic carbocycles. The molecule has 0 fully saturated rings. The van der Waals surface area contributed by atoms with Crippen LogP contribution >= 0.6 is 45.3 Å². The number of nitrogens with one attached hydrogen (secondary N) is 1. The van der Waals surface area contributed by atoms with Crippen LogP contribution in [0.2, 0.25) is 0 Å². The fourth-order valence-corrected chi connectivity index (χ4v) is 5.20. The summed E-state index contributed by atoms with van der Waals surface area (Å²) < 4.78 is 1.42. The number of hydrogen-bond acceptors (Lipinski definition) is 4. The molecule has 96 valence electrons. The van der Waals surface area contributed by atoms with Crippen molar-refractivity contribution < 1.29 is 0 Å². The molecule has 0 aliphatic heterocycles. The van der Waals surface area contributed by atoms with Crippen LogP contribution in [0.3, 0.4) is 0 Å². The maximum Gasteiger partial charge on any atom is 0.0937 e. The summed E-state index contributed by atoms with van der Waals surface area (Å²) in [7, 11) is 0. The second-order valence-corrected chi connectivity index (χ2v) is 8.51. The van der Waals surface area contributed by atoms with Gasteiger partial charge in [0.15, 0.2) is 0 Å². The fraction of sp³-hybridized carbons (Fsp3) is 0.462. The highest BCUT2D eigenvalue weighted by atomic mass is 127. The van der Waals surface area contributed by atoms with Gasteiger partial charge in [-0.2, -0.15) is 0 Å². The lowest BCUT2D eigenvalue weighted by atomic mass is 9.94. The minimum Gasteiger partial charge on any atom is -0.309 e. The van der Waals surface area contributed by atoms with E-state index in [0.717, 1.165) is 13.0 Å². The zero-order chi connectivity index (χ0) is 12.4. The third kappa shape index (κ3) is 2.95. The van der Waals surface area contributed by atoms with Crippen molar-refractivity contribution in [3.63, 3.8) is 0 Å². The smallest absolute Gasteiger partial charge is 0.0937 e. The Morgan fingerprint density at radius 1 is 1.50 bits per heavy atom. The van der Waals surface area contributed by atoms with E-state index in [9.17, 15) is 0 Å². The van der Waals surface area contributed by atoms with Crippen molar-refractivity contribution in [2.24, 2.45) is 0 Å². The lowest BCUT2D eigenvalue weighted by molar-refractivity contribution is 0.467. The summed E-state index contributed by atoms with van der Waals surface area (Å²) in [5.74, 6) is 0. The van der Waals surface area contributed by atoms with Gasteiger partial charge in [-0.1, -0.05) is 0 Å². The largest absolute Gasteiger partial charge is 0.309 e. The Morgan fingerprint density at radius 2 is 2.44 bits per heavy atom. The van der Waals surface area contributed by atoms with E-state index in [4.69, 9.17) is 0 Å². The molecule has 0 radical (unpaired) electrons. The first-order valence-corrected chi connectivity index (χ1v) is 9.00. The maximum absolute atomic E-state index is 4.33. The third-order valence-corrected chi connectivity index (χ3v) is 6.11. The lowest BCUT2D eigenvalue weighted by Gasteiger charge is -2.23. The molecule has 0 saturated heterocycles. The van der Waals surface area contributed by atoms with Gasteiger partial charge in [0.05, 0.1) is 7.89 Å². The molecule has 2 aromatic heterocycles. The number of rotatable bonds is 4. The molecule has 0 amide bonds. The van der Waals surface area contributed by atoms with Crippen LogP contribution in [0.4, 0.5) is 0 Å². The first-order valence-electron chi connectivity index (χ1n) is 6.23. The summed E-state index contributed by atoms with van der Waals surface area (Å²) >= 11 is 6.15. The van der Waals surface area contributed by atoms with Gasteiger partial charge in [0.25, 0.3) is 0 Å². The van der Waals surface area contributed by atoms with Crippen LogP contribution in [0, 0.1) is 2.88 Å². The van der Waals surface area contributed by atoms with Gasteiger partial charge >= 0.3 is 0 Å². The van der Waals surface area contributed by atoms with Crippen LogP contribution in [-0.2, 0) is 12.8 Å². The van der Waals surface area contributed by atoms with Gasteiger partial charge in [-0.15, -0.1) is 22.7 Å². The minimum absolute atomic E-state index is 0.563.